The number of fused-ring (bicyclic) bond motifs is 1. The lowest BCUT2D eigenvalue weighted by Crippen LogP contribution is -2.31. The third-order valence-electron chi connectivity index (χ3n) is 4.51. The molecule has 2 N–H and O–H groups in total. The molecule has 0 spiro atoms. The predicted molar refractivity (Wildman–Crippen MR) is 97.3 cm³/mol. The zero-order valence-electron chi connectivity index (χ0n) is 14.8. The fourth-order valence-corrected chi connectivity index (χ4v) is 3.23. The largest absolute Gasteiger partial charge is 0.347 e. The zero-order chi connectivity index (χ0) is 18.8. The predicted octanol–water partition coefficient (Wildman–Crippen LogP) is 1.18. The number of anilines is 1. The van der Waals surface area contributed by atoms with Crippen molar-refractivity contribution >= 4 is 17.5 Å². The number of rotatable bonds is 5. The van der Waals surface area contributed by atoms with E-state index >= 15 is 0 Å². The van der Waals surface area contributed by atoms with Crippen LogP contribution in [0.25, 0.3) is 0 Å². The highest BCUT2D eigenvalue weighted by atomic mass is 16.2. The Morgan fingerprint density at radius 2 is 2.00 bits per heavy atom. The molecule has 0 saturated carbocycles. The first-order valence-electron chi connectivity index (χ1n) is 8.68. The molecule has 1 aliphatic heterocycles. The Bertz CT molecular complexity index is 977. The van der Waals surface area contributed by atoms with E-state index in [0.717, 1.165) is 24.4 Å². The first-order valence-corrected chi connectivity index (χ1v) is 8.68. The SMILES string of the molecule is Cn1cnc(C(=O)NCC2CCc3ncc(C(=O)Nc4ccccc4)n32)n1. The van der Waals surface area contributed by atoms with E-state index in [9.17, 15) is 9.59 Å². The highest BCUT2D eigenvalue weighted by molar-refractivity contribution is 6.03. The first-order chi connectivity index (χ1) is 13.1. The second kappa shape index (κ2) is 7.02. The minimum absolute atomic E-state index is 0.0355. The first kappa shape index (κ1) is 17.0. The van der Waals surface area contributed by atoms with E-state index in [0.29, 0.717) is 12.2 Å². The van der Waals surface area contributed by atoms with E-state index in [4.69, 9.17) is 0 Å². The number of hydrogen-bond acceptors (Lipinski definition) is 5. The van der Waals surface area contributed by atoms with Crippen LogP contribution in [-0.4, -0.2) is 42.7 Å². The van der Waals surface area contributed by atoms with Crippen molar-refractivity contribution in [2.75, 3.05) is 11.9 Å². The molecule has 9 nitrogen and oxygen atoms in total. The number of carbonyl (C=O) groups excluding carboxylic acids is 2. The molecule has 4 rings (SSSR count). The maximum Gasteiger partial charge on any atom is 0.291 e. The van der Waals surface area contributed by atoms with Crippen LogP contribution >= 0.6 is 0 Å². The van der Waals surface area contributed by atoms with Gasteiger partial charge in [0, 0.05) is 25.7 Å². The molecule has 27 heavy (non-hydrogen) atoms. The molecule has 0 bridgehead atoms. The standard InChI is InChI=1S/C18H19N7O2/c1-24-11-21-16(23-24)18(27)20-9-13-7-8-15-19-10-14(25(13)15)17(26)22-12-5-3-2-4-6-12/h2-6,10-11,13H,7-9H2,1H3,(H,20,27)(H,22,26). The van der Waals surface area contributed by atoms with Gasteiger partial charge in [-0.2, -0.15) is 0 Å². The highest BCUT2D eigenvalue weighted by Crippen LogP contribution is 2.27. The number of imidazole rings is 1. The molecule has 3 heterocycles. The summed E-state index contributed by atoms with van der Waals surface area (Å²) in [5.74, 6) is 0.427. The van der Waals surface area contributed by atoms with Gasteiger partial charge >= 0.3 is 0 Å². The van der Waals surface area contributed by atoms with Gasteiger partial charge in [0.25, 0.3) is 11.8 Å². The third-order valence-corrected chi connectivity index (χ3v) is 4.51. The molecule has 0 saturated heterocycles. The van der Waals surface area contributed by atoms with Crippen LogP contribution in [0.5, 0.6) is 0 Å². The summed E-state index contributed by atoms with van der Waals surface area (Å²) < 4.78 is 3.38. The molecular formula is C18H19N7O2. The van der Waals surface area contributed by atoms with Gasteiger partial charge in [-0.1, -0.05) is 18.2 Å². The van der Waals surface area contributed by atoms with Gasteiger partial charge in [0.15, 0.2) is 0 Å². The van der Waals surface area contributed by atoms with Gasteiger partial charge < -0.3 is 15.2 Å². The Morgan fingerprint density at radius 1 is 1.19 bits per heavy atom. The summed E-state index contributed by atoms with van der Waals surface area (Å²) in [4.78, 5) is 33.1. The van der Waals surface area contributed by atoms with Crippen LogP contribution in [-0.2, 0) is 13.5 Å². The summed E-state index contributed by atoms with van der Waals surface area (Å²) in [6.45, 7) is 0.381. The lowest BCUT2D eigenvalue weighted by atomic mass is 10.2. The van der Waals surface area contributed by atoms with Gasteiger partial charge in [-0.3, -0.25) is 14.3 Å². The summed E-state index contributed by atoms with van der Waals surface area (Å²) >= 11 is 0. The molecule has 1 atom stereocenters. The van der Waals surface area contributed by atoms with Crippen molar-refractivity contribution in [1.82, 2.24) is 29.6 Å². The Labute approximate surface area is 155 Å². The molecule has 3 aromatic rings. The number of nitrogens with one attached hydrogen (secondary N) is 2. The van der Waals surface area contributed by atoms with Gasteiger partial charge in [0.1, 0.15) is 17.8 Å². The van der Waals surface area contributed by atoms with Crippen LogP contribution in [0.3, 0.4) is 0 Å². The molecule has 1 aliphatic rings. The van der Waals surface area contributed by atoms with Crippen LogP contribution in [0.1, 0.15) is 39.4 Å². The van der Waals surface area contributed by atoms with Crippen LogP contribution in [0.2, 0.25) is 0 Å². The Morgan fingerprint density at radius 3 is 2.74 bits per heavy atom. The second-order valence-electron chi connectivity index (χ2n) is 6.39. The molecule has 0 radical (unpaired) electrons. The number of carbonyl (C=O) groups is 2. The molecular weight excluding hydrogens is 346 g/mol. The zero-order valence-corrected chi connectivity index (χ0v) is 14.8. The van der Waals surface area contributed by atoms with E-state index in [1.807, 2.05) is 34.9 Å². The fourth-order valence-electron chi connectivity index (χ4n) is 3.23. The summed E-state index contributed by atoms with van der Waals surface area (Å²) in [7, 11) is 1.70. The quantitative estimate of drug-likeness (QED) is 0.706. The molecule has 0 fully saturated rings. The lowest BCUT2D eigenvalue weighted by Gasteiger charge is -2.16. The smallest absolute Gasteiger partial charge is 0.291 e. The lowest BCUT2D eigenvalue weighted by molar-refractivity contribution is 0.0937. The Hall–Kier alpha value is -3.49. The second-order valence-corrected chi connectivity index (χ2v) is 6.39. The average Bonchev–Trinajstić information content (AvgIpc) is 3.37. The number of aryl methyl sites for hydroxylation is 2. The van der Waals surface area contributed by atoms with E-state index in [1.54, 1.807) is 13.2 Å². The molecule has 2 aromatic heterocycles. The van der Waals surface area contributed by atoms with Gasteiger partial charge in [0.05, 0.1) is 12.2 Å². The summed E-state index contributed by atoms with van der Waals surface area (Å²) in [5.41, 5.74) is 1.21. The average molecular weight is 365 g/mol. The van der Waals surface area contributed by atoms with Crippen LogP contribution in [0, 0.1) is 0 Å². The minimum atomic E-state index is -0.334. The summed E-state index contributed by atoms with van der Waals surface area (Å²) in [6.07, 6.45) is 4.64. The number of nitrogens with zero attached hydrogens (tertiary/aromatic N) is 5. The maximum atomic E-state index is 12.7. The van der Waals surface area contributed by atoms with Crippen molar-refractivity contribution in [1.29, 1.82) is 0 Å². The van der Waals surface area contributed by atoms with Crippen LogP contribution in [0.4, 0.5) is 5.69 Å². The highest BCUT2D eigenvalue weighted by Gasteiger charge is 2.29. The molecule has 1 aromatic carbocycles. The van der Waals surface area contributed by atoms with Gasteiger partial charge in [-0.15, -0.1) is 5.10 Å². The maximum absolute atomic E-state index is 12.7. The Kier molecular flexibility index (Phi) is 4.41. The molecule has 0 aliphatic carbocycles. The topological polar surface area (TPSA) is 107 Å². The molecule has 9 heteroatoms. The molecule has 138 valence electrons. The van der Waals surface area contributed by atoms with Gasteiger partial charge in [-0.05, 0) is 18.6 Å². The molecule has 2 amide bonds. The number of para-hydroxylation sites is 1. The summed E-state index contributed by atoms with van der Waals surface area (Å²) in [6, 6.07) is 9.24. The minimum Gasteiger partial charge on any atom is -0.347 e. The van der Waals surface area contributed by atoms with Crippen LogP contribution in [0.15, 0.2) is 42.9 Å². The van der Waals surface area contributed by atoms with Crippen molar-refractivity contribution < 1.29 is 9.59 Å². The van der Waals surface area contributed by atoms with Crippen molar-refractivity contribution in [3.05, 3.63) is 60.2 Å². The van der Waals surface area contributed by atoms with Crippen molar-refractivity contribution in [2.45, 2.75) is 18.9 Å². The normalized spacial score (nSPS) is 15.4. The van der Waals surface area contributed by atoms with Crippen molar-refractivity contribution in [3.8, 4) is 0 Å². The van der Waals surface area contributed by atoms with E-state index in [2.05, 4.69) is 25.7 Å². The van der Waals surface area contributed by atoms with Crippen LogP contribution < -0.4 is 10.6 Å². The van der Waals surface area contributed by atoms with Crippen molar-refractivity contribution in [2.24, 2.45) is 7.05 Å². The van der Waals surface area contributed by atoms with Gasteiger partial charge in [-0.25, -0.2) is 9.97 Å². The number of amides is 2. The van der Waals surface area contributed by atoms with Crippen molar-refractivity contribution in [3.63, 3.8) is 0 Å². The Balaban J connectivity index is 1.46. The number of aromatic nitrogens is 5. The monoisotopic (exact) mass is 365 g/mol. The number of benzene rings is 1. The van der Waals surface area contributed by atoms with E-state index < -0.39 is 0 Å². The van der Waals surface area contributed by atoms with E-state index in [-0.39, 0.29) is 23.7 Å². The van der Waals surface area contributed by atoms with E-state index in [1.165, 1.54) is 11.0 Å². The van der Waals surface area contributed by atoms with Gasteiger partial charge in [0.2, 0.25) is 5.82 Å². The summed E-state index contributed by atoms with van der Waals surface area (Å²) in [5, 5.41) is 9.71. The third kappa shape index (κ3) is 3.43. The number of hydrogen-bond donors (Lipinski definition) is 2. The fraction of sp³-hybridized carbons (Fsp3) is 0.278. The molecule has 1 unspecified atom stereocenters.